The Hall–Kier alpha value is -5.98. The second-order valence-electron chi connectivity index (χ2n) is 25.7. The standard InChI is InChI=1S/2C14H12.C13H12.C10H12.C9H10.5C4H10/c1-3-7-13-11(5-1)9-10-12-6-2-4-8-14(12)13;1-2-6-12-10-14-8-4-3-7-13(14)9-11(12)5-1;1-4-10-6-2-8-12-9-3-7-11(5-1)13(10)12;1-2-6-10-8-4-3-7-9(10)5-1;1-2-5-9-7-3-6-8(9)4-1;5*1-4(2)3/h2*1-8H,9-10H2;1-2,4-6,8H,3,7,9H2;1-2,5-6H,3-4,7-8H2;1-2,4-5H,3,6-7H2;5*4H,1-3H3. The van der Waals surface area contributed by atoms with Gasteiger partial charge < -0.3 is 0 Å². The van der Waals surface area contributed by atoms with Gasteiger partial charge in [0, 0.05) is 0 Å². The van der Waals surface area contributed by atoms with E-state index in [1.54, 1.807) is 33.4 Å². The Morgan fingerprint density at radius 2 is 0.412 bits per heavy atom. The quantitative estimate of drug-likeness (QED) is 0.142. The first-order valence-corrected chi connectivity index (χ1v) is 31.4. The molecule has 0 radical (unpaired) electrons. The van der Waals surface area contributed by atoms with Crippen molar-refractivity contribution in [3.8, 4) is 11.1 Å². The Kier molecular flexibility index (Phi) is 30.9. The number of hydrogen-bond acceptors (Lipinski definition) is 0. The lowest BCUT2D eigenvalue weighted by Crippen LogP contribution is -2.06. The SMILES string of the molecule is CC(C)C.CC(C)C.CC(C)C.CC(C)C.CC(C)C.c1cc2c3c(cccc3c1)CCC2.c1ccc2c(c1)CCC2.c1ccc2c(c1)CCCC2.c1ccc2c(c1)CCc1ccccc1-2.c1ccc2c(c1)Cc1ccccc1C2. The zero-order valence-electron chi connectivity index (χ0n) is 53.1. The normalized spacial score (nSPS) is 13.1. The molecule has 0 N–H and O–H groups in total. The third-order valence-corrected chi connectivity index (χ3v) is 13.2. The second-order valence-corrected chi connectivity index (χ2v) is 25.7. The van der Waals surface area contributed by atoms with Gasteiger partial charge in [-0.25, -0.2) is 0 Å². The van der Waals surface area contributed by atoms with E-state index in [4.69, 9.17) is 0 Å². The van der Waals surface area contributed by atoms with Crippen molar-refractivity contribution in [3.63, 3.8) is 0 Å². The molecule has 428 valence electrons. The Morgan fingerprint density at radius 3 is 0.700 bits per heavy atom. The van der Waals surface area contributed by atoms with Gasteiger partial charge in [-0.2, -0.15) is 0 Å². The molecule has 80 heavy (non-hydrogen) atoms. The van der Waals surface area contributed by atoms with Gasteiger partial charge in [-0.15, -0.1) is 0 Å². The van der Waals surface area contributed by atoms with Crippen LogP contribution in [0.2, 0.25) is 0 Å². The first kappa shape index (κ1) is 66.5. The highest BCUT2D eigenvalue weighted by atomic mass is 14.2. The van der Waals surface area contributed by atoms with Crippen molar-refractivity contribution in [2.75, 3.05) is 0 Å². The van der Waals surface area contributed by atoms with E-state index in [1.807, 2.05) is 0 Å². The van der Waals surface area contributed by atoms with E-state index < -0.39 is 0 Å². The lowest BCUT2D eigenvalue weighted by Gasteiger charge is -2.19. The molecule has 5 aliphatic carbocycles. The number of fused-ring (bicyclic) bond motifs is 7. The molecule has 0 heterocycles. The number of benzene rings is 8. The molecule has 0 aromatic heterocycles. The third kappa shape index (κ3) is 25.2. The smallest absolute Gasteiger partial charge is 0.00201 e. The van der Waals surface area contributed by atoms with Crippen LogP contribution < -0.4 is 0 Å². The molecule has 0 fully saturated rings. The van der Waals surface area contributed by atoms with Gasteiger partial charge in [0.05, 0.1) is 0 Å². The maximum atomic E-state index is 2.27. The van der Waals surface area contributed by atoms with Gasteiger partial charge in [-0.05, 0) is 208 Å². The van der Waals surface area contributed by atoms with Crippen molar-refractivity contribution in [2.24, 2.45) is 29.6 Å². The van der Waals surface area contributed by atoms with Crippen LogP contribution in [0.1, 0.15) is 196 Å². The van der Waals surface area contributed by atoms with E-state index in [9.17, 15) is 0 Å². The number of hydrogen-bond donors (Lipinski definition) is 0. The molecule has 0 unspecified atom stereocenters. The minimum absolute atomic E-state index is 0.833. The zero-order valence-corrected chi connectivity index (χ0v) is 53.1. The minimum atomic E-state index is 0.833. The summed E-state index contributed by atoms with van der Waals surface area (Å²) in [4.78, 5) is 0. The van der Waals surface area contributed by atoms with Crippen molar-refractivity contribution in [1.82, 2.24) is 0 Å². The Balaban J connectivity index is 0.000000200. The van der Waals surface area contributed by atoms with Crippen molar-refractivity contribution in [3.05, 3.63) is 249 Å². The summed E-state index contributed by atoms with van der Waals surface area (Å²) in [5.74, 6) is 4.17. The largest absolute Gasteiger partial charge is 0.0630 e. The van der Waals surface area contributed by atoms with Gasteiger partial charge >= 0.3 is 0 Å². The van der Waals surface area contributed by atoms with Crippen LogP contribution in [-0.4, -0.2) is 0 Å². The lowest BCUT2D eigenvalue weighted by molar-refractivity contribution is 0.685. The van der Waals surface area contributed by atoms with E-state index in [0.717, 1.165) is 42.4 Å². The summed E-state index contributed by atoms with van der Waals surface area (Å²) < 4.78 is 0. The van der Waals surface area contributed by atoms with Crippen LogP contribution in [0, 0.1) is 29.6 Å². The monoisotopic (exact) mass is 1070 g/mol. The average Bonchev–Trinajstić information content (AvgIpc) is 3.95. The van der Waals surface area contributed by atoms with Crippen molar-refractivity contribution < 1.29 is 0 Å². The van der Waals surface area contributed by atoms with Gasteiger partial charge in [-0.1, -0.05) is 286 Å². The molecule has 0 saturated carbocycles. The minimum Gasteiger partial charge on any atom is -0.0630 e. The van der Waals surface area contributed by atoms with E-state index in [-0.39, 0.29) is 0 Å². The fourth-order valence-corrected chi connectivity index (χ4v) is 10.1. The summed E-state index contributed by atoms with van der Waals surface area (Å²) in [7, 11) is 0. The highest BCUT2D eigenvalue weighted by molar-refractivity contribution is 5.89. The summed E-state index contributed by atoms with van der Waals surface area (Å²) in [6, 6.07) is 65.8. The molecule has 0 spiro atoms. The zero-order chi connectivity index (χ0) is 58.2. The highest BCUT2D eigenvalue weighted by Crippen LogP contribution is 2.33. The Labute approximate surface area is 491 Å². The molecular formula is C80H108. The van der Waals surface area contributed by atoms with E-state index in [1.165, 1.54) is 132 Å². The summed E-state index contributed by atoms with van der Waals surface area (Å²) in [5, 5.41) is 2.94. The van der Waals surface area contributed by atoms with Gasteiger partial charge in [0.2, 0.25) is 0 Å². The van der Waals surface area contributed by atoms with E-state index in [2.05, 4.69) is 286 Å². The fraction of sp³-hybridized carbons (Fsp3) is 0.425. The Bertz CT molecular complexity index is 2670. The van der Waals surface area contributed by atoms with Crippen LogP contribution >= 0.6 is 0 Å². The van der Waals surface area contributed by atoms with Crippen molar-refractivity contribution in [1.29, 1.82) is 0 Å². The topological polar surface area (TPSA) is 0 Å². The Morgan fingerprint density at radius 1 is 0.200 bits per heavy atom. The molecule has 8 aromatic rings. The average molecular weight is 1070 g/mol. The summed E-state index contributed by atoms with van der Waals surface area (Å²) >= 11 is 0. The molecule has 0 atom stereocenters. The molecule has 0 heteroatoms. The maximum absolute atomic E-state index is 2.27. The predicted molar refractivity (Wildman–Crippen MR) is 358 cm³/mol. The fourth-order valence-electron chi connectivity index (χ4n) is 10.1. The van der Waals surface area contributed by atoms with Gasteiger partial charge in [0.15, 0.2) is 0 Å². The second kappa shape index (κ2) is 37.1. The van der Waals surface area contributed by atoms with Crippen LogP contribution in [0.4, 0.5) is 0 Å². The maximum Gasteiger partial charge on any atom is -0.00201 e. The van der Waals surface area contributed by atoms with Crippen LogP contribution in [0.25, 0.3) is 21.9 Å². The molecule has 0 amide bonds. The molecule has 13 rings (SSSR count). The first-order chi connectivity index (χ1) is 38.4. The van der Waals surface area contributed by atoms with Gasteiger partial charge in [0.1, 0.15) is 0 Å². The molecule has 0 nitrogen and oxygen atoms in total. The van der Waals surface area contributed by atoms with Crippen molar-refractivity contribution in [2.45, 2.75) is 194 Å². The van der Waals surface area contributed by atoms with Crippen molar-refractivity contribution >= 4 is 10.8 Å². The highest BCUT2D eigenvalue weighted by Gasteiger charge is 2.15. The van der Waals surface area contributed by atoms with E-state index >= 15 is 0 Å². The predicted octanol–water partition coefficient (Wildman–Crippen LogP) is 23.0. The summed E-state index contributed by atoms with van der Waals surface area (Å²) in [6.45, 7) is 32.5. The van der Waals surface area contributed by atoms with Crippen LogP contribution in [0.5, 0.6) is 0 Å². The van der Waals surface area contributed by atoms with Crippen LogP contribution in [-0.2, 0) is 64.2 Å². The number of rotatable bonds is 0. The lowest BCUT2D eigenvalue weighted by atomic mass is 9.86. The van der Waals surface area contributed by atoms with Gasteiger partial charge in [0.25, 0.3) is 0 Å². The molecule has 0 saturated heterocycles. The van der Waals surface area contributed by atoms with Crippen LogP contribution in [0.3, 0.4) is 0 Å². The summed E-state index contributed by atoms with van der Waals surface area (Å²) in [6.07, 6.45) is 17.8. The molecule has 0 aliphatic heterocycles. The first-order valence-electron chi connectivity index (χ1n) is 31.4. The molecule has 5 aliphatic rings. The third-order valence-electron chi connectivity index (χ3n) is 13.2. The molecular weight excluding hydrogens is 961 g/mol. The molecule has 0 bridgehead atoms. The van der Waals surface area contributed by atoms with Crippen LogP contribution in [0.15, 0.2) is 182 Å². The summed E-state index contributed by atoms with van der Waals surface area (Å²) in [5.41, 5.74) is 21.2. The van der Waals surface area contributed by atoms with Gasteiger partial charge in [-0.3, -0.25) is 0 Å². The molecule has 8 aromatic carbocycles. The van der Waals surface area contributed by atoms with E-state index in [0.29, 0.717) is 0 Å². The number of aryl methyl sites for hydroxylation is 8.